The van der Waals surface area contributed by atoms with Crippen LogP contribution in [-0.2, 0) is 6.54 Å². The second kappa shape index (κ2) is 6.71. The fourth-order valence-corrected chi connectivity index (χ4v) is 3.67. The molecule has 0 fully saturated rings. The molecule has 0 atom stereocenters. The van der Waals surface area contributed by atoms with Gasteiger partial charge in [-0.05, 0) is 48.9 Å². The van der Waals surface area contributed by atoms with Crippen molar-refractivity contribution in [3.63, 3.8) is 0 Å². The molecule has 5 heteroatoms. The van der Waals surface area contributed by atoms with E-state index in [1.54, 1.807) is 16.5 Å². The summed E-state index contributed by atoms with van der Waals surface area (Å²) in [6.07, 6.45) is 0. The Morgan fingerprint density at radius 3 is 2.31 bits per heavy atom. The summed E-state index contributed by atoms with van der Waals surface area (Å²) in [5.41, 5.74) is 5.16. The summed E-state index contributed by atoms with van der Waals surface area (Å²) in [5, 5.41) is 0. The molecule has 0 spiro atoms. The van der Waals surface area contributed by atoms with Gasteiger partial charge in [0.05, 0.1) is 23.3 Å². The lowest BCUT2D eigenvalue weighted by atomic mass is 10.1. The first-order valence-electron chi connectivity index (χ1n) is 9.43. The SMILES string of the molecule is Cc1ccc(Cn2c3ccccc3n3c(=O)cc(-c4ccc(F)cc4)nc23)cc1. The molecule has 0 aliphatic rings. The lowest BCUT2D eigenvalue weighted by molar-refractivity contribution is 0.628. The topological polar surface area (TPSA) is 39.3 Å². The van der Waals surface area contributed by atoms with Crippen LogP contribution in [0.5, 0.6) is 0 Å². The molecular formula is C24H18FN3O. The zero-order chi connectivity index (χ0) is 20.0. The third-order valence-electron chi connectivity index (χ3n) is 5.16. The lowest BCUT2D eigenvalue weighted by Gasteiger charge is -2.08. The smallest absolute Gasteiger partial charge is 0.260 e. The van der Waals surface area contributed by atoms with E-state index in [9.17, 15) is 9.18 Å². The number of para-hydroxylation sites is 2. The van der Waals surface area contributed by atoms with Gasteiger partial charge in [0, 0.05) is 11.6 Å². The van der Waals surface area contributed by atoms with E-state index in [4.69, 9.17) is 4.98 Å². The summed E-state index contributed by atoms with van der Waals surface area (Å²) in [4.78, 5) is 17.8. The van der Waals surface area contributed by atoms with Crippen LogP contribution in [0.2, 0.25) is 0 Å². The highest BCUT2D eigenvalue weighted by Gasteiger charge is 2.15. The van der Waals surface area contributed by atoms with Gasteiger partial charge >= 0.3 is 0 Å². The number of fused-ring (bicyclic) bond motifs is 3. The number of aromatic nitrogens is 3. The number of benzene rings is 3. The molecule has 3 aromatic carbocycles. The minimum absolute atomic E-state index is 0.159. The lowest BCUT2D eigenvalue weighted by Crippen LogP contribution is -2.14. The largest absolute Gasteiger partial charge is 0.305 e. The fourth-order valence-electron chi connectivity index (χ4n) is 3.67. The second-order valence-corrected chi connectivity index (χ2v) is 7.18. The third kappa shape index (κ3) is 3.01. The van der Waals surface area contributed by atoms with E-state index in [1.165, 1.54) is 23.8 Å². The second-order valence-electron chi connectivity index (χ2n) is 7.18. The van der Waals surface area contributed by atoms with E-state index in [-0.39, 0.29) is 11.4 Å². The third-order valence-corrected chi connectivity index (χ3v) is 5.16. The molecule has 0 radical (unpaired) electrons. The average molecular weight is 383 g/mol. The van der Waals surface area contributed by atoms with Gasteiger partial charge in [-0.1, -0.05) is 42.0 Å². The maximum absolute atomic E-state index is 13.3. The van der Waals surface area contributed by atoms with Crippen molar-refractivity contribution in [2.24, 2.45) is 0 Å². The molecule has 5 rings (SSSR count). The van der Waals surface area contributed by atoms with Crippen molar-refractivity contribution < 1.29 is 4.39 Å². The van der Waals surface area contributed by atoms with Gasteiger partial charge in [0.1, 0.15) is 5.82 Å². The molecule has 2 aromatic heterocycles. The number of rotatable bonds is 3. The van der Waals surface area contributed by atoms with Crippen LogP contribution in [0.3, 0.4) is 0 Å². The van der Waals surface area contributed by atoms with Crippen molar-refractivity contribution in [1.82, 2.24) is 14.0 Å². The summed E-state index contributed by atoms with van der Waals surface area (Å²) in [7, 11) is 0. The highest BCUT2D eigenvalue weighted by atomic mass is 19.1. The Balaban J connectivity index is 1.77. The van der Waals surface area contributed by atoms with E-state index >= 15 is 0 Å². The van der Waals surface area contributed by atoms with Crippen LogP contribution in [-0.4, -0.2) is 14.0 Å². The molecule has 0 unspecified atom stereocenters. The molecule has 0 saturated heterocycles. The molecule has 0 N–H and O–H groups in total. The van der Waals surface area contributed by atoms with Gasteiger partial charge in [0.2, 0.25) is 5.78 Å². The molecular weight excluding hydrogens is 365 g/mol. The number of nitrogens with zero attached hydrogens (tertiary/aromatic N) is 3. The van der Waals surface area contributed by atoms with Gasteiger partial charge in [-0.3, -0.25) is 4.79 Å². The van der Waals surface area contributed by atoms with E-state index in [1.807, 2.05) is 24.3 Å². The summed E-state index contributed by atoms with van der Waals surface area (Å²) < 4.78 is 17.0. The quantitative estimate of drug-likeness (QED) is 0.448. The Kier molecular flexibility index (Phi) is 4.02. The van der Waals surface area contributed by atoms with E-state index in [2.05, 4.69) is 35.8 Å². The van der Waals surface area contributed by atoms with Crippen LogP contribution in [0.25, 0.3) is 28.1 Å². The van der Waals surface area contributed by atoms with Gasteiger partial charge in [-0.25, -0.2) is 13.8 Å². The zero-order valence-electron chi connectivity index (χ0n) is 15.8. The van der Waals surface area contributed by atoms with Crippen LogP contribution in [0, 0.1) is 12.7 Å². The van der Waals surface area contributed by atoms with Gasteiger partial charge in [-0.15, -0.1) is 0 Å². The number of hydrogen-bond donors (Lipinski definition) is 0. The maximum Gasteiger partial charge on any atom is 0.260 e. The minimum atomic E-state index is -0.319. The van der Waals surface area contributed by atoms with Crippen LogP contribution in [0.15, 0.2) is 83.7 Å². The maximum atomic E-state index is 13.3. The minimum Gasteiger partial charge on any atom is -0.305 e. The average Bonchev–Trinajstić information content (AvgIpc) is 3.04. The molecule has 2 heterocycles. The molecule has 0 amide bonds. The standard InChI is InChI=1S/C24H18FN3O/c1-16-6-8-17(9-7-16)15-27-21-4-2-3-5-22(21)28-23(29)14-20(26-24(27)28)18-10-12-19(25)13-11-18/h2-14H,15H2,1H3. The monoisotopic (exact) mass is 383 g/mol. The Hall–Kier alpha value is -3.73. The fraction of sp³-hybridized carbons (Fsp3) is 0.0833. The van der Waals surface area contributed by atoms with Crippen molar-refractivity contribution in [2.45, 2.75) is 13.5 Å². The molecule has 0 aliphatic heterocycles. The van der Waals surface area contributed by atoms with Crippen molar-refractivity contribution in [1.29, 1.82) is 0 Å². The Morgan fingerprint density at radius 2 is 1.59 bits per heavy atom. The normalized spacial score (nSPS) is 11.4. The first-order valence-corrected chi connectivity index (χ1v) is 9.43. The number of imidazole rings is 1. The van der Waals surface area contributed by atoms with E-state index in [0.29, 0.717) is 23.6 Å². The number of halogens is 1. The molecule has 29 heavy (non-hydrogen) atoms. The zero-order valence-corrected chi connectivity index (χ0v) is 15.8. The predicted molar refractivity (Wildman–Crippen MR) is 113 cm³/mol. The summed E-state index contributed by atoms with van der Waals surface area (Å²) >= 11 is 0. The van der Waals surface area contributed by atoms with Gasteiger partial charge in [0.15, 0.2) is 0 Å². The molecule has 0 saturated carbocycles. The van der Waals surface area contributed by atoms with Crippen LogP contribution in [0.1, 0.15) is 11.1 Å². The summed E-state index contributed by atoms with van der Waals surface area (Å²) in [6, 6.07) is 23.6. The van der Waals surface area contributed by atoms with Gasteiger partial charge in [0.25, 0.3) is 5.56 Å². The van der Waals surface area contributed by atoms with Gasteiger partial charge < -0.3 is 4.57 Å². The Morgan fingerprint density at radius 1 is 0.897 bits per heavy atom. The van der Waals surface area contributed by atoms with E-state index < -0.39 is 0 Å². The van der Waals surface area contributed by atoms with Crippen molar-refractivity contribution in [3.05, 3.63) is 106 Å². The highest BCUT2D eigenvalue weighted by Crippen LogP contribution is 2.23. The van der Waals surface area contributed by atoms with Crippen molar-refractivity contribution in [3.8, 4) is 11.3 Å². The molecule has 0 bridgehead atoms. The van der Waals surface area contributed by atoms with Crippen molar-refractivity contribution >= 4 is 16.8 Å². The Labute approximate surface area is 166 Å². The molecule has 4 nitrogen and oxygen atoms in total. The van der Waals surface area contributed by atoms with Crippen LogP contribution < -0.4 is 5.56 Å². The molecule has 142 valence electrons. The summed E-state index contributed by atoms with van der Waals surface area (Å²) in [6.45, 7) is 2.65. The number of hydrogen-bond acceptors (Lipinski definition) is 2. The van der Waals surface area contributed by atoms with Crippen LogP contribution >= 0.6 is 0 Å². The van der Waals surface area contributed by atoms with Crippen LogP contribution in [0.4, 0.5) is 4.39 Å². The highest BCUT2D eigenvalue weighted by molar-refractivity contribution is 5.81. The van der Waals surface area contributed by atoms with Crippen molar-refractivity contribution in [2.75, 3.05) is 0 Å². The Bertz CT molecular complexity index is 1400. The first-order chi connectivity index (χ1) is 14.1. The molecule has 0 aliphatic carbocycles. The summed E-state index contributed by atoms with van der Waals surface area (Å²) in [5.74, 6) is 0.249. The van der Waals surface area contributed by atoms with Gasteiger partial charge in [-0.2, -0.15) is 0 Å². The number of aryl methyl sites for hydroxylation is 1. The first kappa shape index (κ1) is 17.4. The molecule has 5 aromatic rings. The predicted octanol–water partition coefficient (Wildman–Crippen LogP) is 4.81. The van der Waals surface area contributed by atoms with E-state index in [0.717, 1.165) is 16.6 Å².